The number of ether oxygens (including phenoxy) is 3. The van der Waals surface area contributed by atoms with Crippen molar-refractivity contribution < 1.29 is 23.4 Å². The van der Waals surface area contributed by atoms with Gasteiger partial charge in [-0.25, -0.2) is 4.39 Å². The smallest absolute Gasteiger partial charge is 0.262 e. The molecule has 2 aromatic carbocycles. The second-order valence-electron chi connectivity index (χ2n) is 4.37. The Hall–Kier alpha value is -2.76. The van der Waals surface area contributed by atoms with E-state index in [9.17, 15) is 9.18 Å². The maximum absolute atomic E-state index is 13.4. The number of para-hydroxylation sites is 1. The second kappa shape index (κ2) is 7.31. The Labute approximate surface area is 127 Å². The maximum Gasteiger partial charge on any atom is 0.262 e. The fourth-order valence-electron chi connectivity index (χ4n) is 1.78. The number of methoxy groups -OCH3 is 2. The number of hydrogen-bond donors (Lipinski definition) is 1. The van der Waals surface area contributed by atoms with Gasteiger partial charge in [-0.2, -0.15) is 0 Å². The Morgan fingerprint density at radius 2 is 1.73 bits per heavy atom. The molecule has 0 bridgehead atoms. The standard InChI is InChI=1S/C16H16FNO4/c1-20-12-7-11(8-13(9-12)21-2)18-16(19)10-22-15-6-4-3-5-14(15)17/h3-9H,10H2,1-2H3,(H,18,19). The van der Waals surface area contributed by atoms with E-state index in [-0.39, 0.29) is 12.4 Å². The van der Waals surface area contributed by atoms with Gasteiger partial charge in [-0.1, -0.05) is 12.1 Å². The molecule has 2 aromatic rings. The van der Waals surface area contributed by atoms with E-state index in [0.29, 0.717) is 17.2 Å². The van der Waals surface area contributed by atoms with Crippen molar-refractivity contribution in [3.63, 3.8) is 0 Å². The SMILES string of the molecule is COc1cc(NC(=O)COc2ccccc2F)cc(OC)c1. The van der Waals surface area contributed by atoms with Gasteiger partial charge in [-0.15, -0.1) is 0 Å². The van der Waals surface area contributed by atoms with Gasteiger partial charge in [0.1, 0.15) is 11.5 Å². The monoisotopic (exact) mass is 305 g/mol. The Balaban J connectivity index is 1.98. The van der Waals surface area contributed by atoms with E-state index >= 15 is 0 Å². The van der Waals surface area contributed by atoms with E-state index in [1.54, 1.807) is 30.3 Å². The van der Waals surface area contributed by atoms with Crippen LogP contribution in [0.4, 0.5) is 10.1 Å². The first-order valence-corrected chi connectivity index (χ1v) is 6.52. The van der Waals surface area contributed by atoms with Crippen LogP contribution in [-0.4, -0.2) is 26.7 Å². The molecular formula is C16H16FNO4. The third-order valence-corrected chi connectivity index (χ3v) is 2.83. The lowest BCUT2D eigenvalue weighted by molar-refractivity contribution is -0.118. The van der Waals surface area contributed by atoms with Crippen LogP contribution in [0.2, 0.25) is 0 Å². The maximum atomic E-state index is 13.4. The molecular weight excluding hydrogens is 289 g/mol. The van der Waals surface area contributed by atoms with Crippen LogP contribution in [0.5, 0.6) is 17.2 Å². The van der Waals surface area contributed by atoms with Crippen molar-refractivity contribution in [2.24, 2.45) is 0 Å². The van der Waals surface area contributed by atoms with Gasteiger partial charge in [0.2, 0.25) is 0 Å². The van der Waals surface area contributed by atoms with E-state index in [1.807, 2.05) is 0 Å². The second-order valence-corrected chi connectivity index (χ2v) is 4.37. The lowest BCUT2D eigenvalue weighted by Crippen LogP contribution is -2.20. The molecule has 0 saturated carbocycles. The molecule has 0 aromatic heterocycles. The van der Waals surface area contributed by atoms with Gasteiger partial charge in [0.05, 0.1) is 14.2 Å². The number of halogens is 1. The molecule has 6 heteroatoms. The largest absolute Gasteiger partial charge is 0.497 e. The molecule has 0 fully saturated rings. The predicted octanol–water partition coefficient (Wildman–Crippen LogP) is 2.86. The summed E-state index contributed by atoms with van der Waals surface area (Å²) in [5, 5.41) is 2.63. The van der Waals surface area contributed by atoms with Crippen molar-refractivity contribution >= 4 is 11.6 Å². The molecule has 0 aliphatic carbocycles. The summed E-state index contributed by atoms with van der Waals surface area (Å²) in [4.78, 5) is 11.9. The lowest BCUT2D eigenvalue weighted by atomic mass is 10.2. The highest BCUT2D eigenvalue weighted by molar-refractivity contribution is 5.92. The minimum absolute atomic E-state index is 0.0286. The molecule has 0 saturated heterocycles. The van der Waals surface area contributed by atoms with E-state index in [4.69, 9.17) is 14.2 Å². The summed E-state index contributed by atoms with van der Waals surface area (Å²) in [7, 11) is 3.03. The Bertz CT molecular complexity index is 638. The van der Waals surface area contributed by atoms with Crippen LogP contribution in [-0.2, 0) is 4.79 Å². The lowest BCUT2D eigenvalue weighted by Gasteiger charge is -2.10. The first-order chi connectivity index (χ1) is 10.6. The molecule has 1 N–H and O–H groups in total. The Kier molecular flexibility index (Phi) is 5.19. The average molecular weight is 305 g/mol. The van der Waals surface area contributed by atoms with Crippen LogP contribution in [0, 0.1) is 5.82 Å². The zero-order valence-electron chi connectivity index (χ0n) is 12.3. The minimum atomic E-state index is -0.515. The highest BCUT2D eigenvalue weighted by Gasteiger charge is 2.08. The van der Waals surface area contributed by atoms with Gasteiger partial charge < -0.3 is 19.5 Å². The van der Waals surface area contributed by atoms with Gasteiger partial charge in [-0.3, -0.25) is 4.79 Å². The Morgan fingerprint density at radius 1 is 1.09 bits per heavy atom. The zero-order valence-corrected chi connectivity index (χ0v) is 12.3. The average Bonchev–Trinajstić information content (AvgIpc) is 2.53. The normalized spacial score (nSPS) is 9.95. The number of amides is 1. The molecule has 0 heterocycles. The summed E-state index contributed by atoms with van der Waals surface area (Å²) in [5.41, 5.74) is 0.498. The van der Waals surface area contributed by atoms with Gasteiger partial charge in [-0.05, 0) is 12.1 Å². The fraction of sp³-hybridized carbons (Fsp3) is 0.188. The number of benzene rings is 2. The number of nitrogens with one attached hydrogen (secondary N) is 1. The summed E-state index contributed by atoms with van der Waals surface area (Å²) in [6, 6.07) is 10.9. The van der Waals surface area contributed by atoms with Crippen molar-refractivity contribution in [1.82, 2.24) is 0 Å². The van der Waals surface area contributed by atoms with Crippen molar-refractivity contribution in [1.29, 1.82) is 0 Å². The number of rotatable bonds is 6. The molecule has 1 amide bonds. The zero-order chi connectivity index (χ0) is 15.9. The quantitative estimate of drug-likeness (QED) is 0.891. The summed E-state index contributed by atoms with van der Waals surface area (Å²) in [6.07, 6.45) is 0. The topological polar surface area (TPSA) is 56.8 Å². The van der Waals surface area contributed by atoms with Gasteiger partial charge >= 0.3 is 0 Å². The predicted molar refractivity (Wildman–Crippen MR) is 80.1 cm³/mol. The number of carbonyl (C=O) groups is 1. The number of carbonyl (C=O) groups excluding carboxylic acids is 1. The first kappa shape index (κ1) is 15.6. The van der Waals surface area contributed by atoms with E-state index < -0.39 is 11.7 Å². The van der Waals surface area contributed by atoms with Crippen molar-refractivity contribution in [2.45, 2.75) is 0 Å². The van der Waals surface area contributed by atoms with Crippen LogP contribution in [0.15, 0.2) is 42.5 Å². The molecule has 0 aliphatic rings. The summed E-state index contributed by atoms with van der Waals surface area (Å²) < 4.78 is 28.7. The van der Waals surface area contributed by atoms with Crippen LogP contribution < -0.4 is 19.5 Å². The van der Waals surface area contributed by atoms with E-state index in [0.717, 1.165) is 0 Å². The van der Waals surface area contributed by atoms with E-state index in [2.05, 4.69) is 5.32 Å². The first-order valence-electron chi connectivity index (χ1n) is 6.52. The molecule has 0 aliphatic heterocycles. The summed E-state index contributed by atoms with van der Waals surface area (Å²) in [5.74, 6) is 0.187. The molecule has 22 heavy (non-hydrogen) atoms. The fourth-order valence-corrected chi connectivity index (χ4v) is 1.78. The van der Waals surface area contributed by atoms with Crippen LogP contribution in [0.3, 0.4) is 0 Å². The third kappa shape index (κ3) is 4.12. The van der Waals surface area contributed by atoms with Crippen molar-refractivity contribution in [3.8, 4) is 17.2 Å². The van der Waals surface area contributed by atoms with Crippen LogP contribution in [0.1, 0.15) is 0 Å². The molecule has 0 atom stereocenters. The molecule has 0 unspecified atom stereocenters. The van der Waals surface area contributed by atoms with Crippen molar-refractivity contribution in [3.05, 3.63) is 48.3 Å². The van der Waals surface area contributed by atoms with Gasteiger partial charge in [0, 0.05) is 23.9 Å². The third-order valence-electron chi connectivity index (χ3n) is 2.83. The number of anilines is 1. The molecule has 116 valence electrons. The summed E-state index contributed by atoms with van der Waals surface area (Å²) in [6.45, 7) is -0.305. The molecule has 2 rings (SSSR count). The molecule has 0 radical (unpaired) electrons. The van der Waals surface area contributed by atoms with Crippen LogP contribution in [0.25, 0.3) is 0 Å². The van der Waals surface area contributed by atoms with Crippen LogP contribution >= 0.6 is 0 Å². The van der Waals surface area contributed by atoms with Gasteiger partial charge in [0.25, 0.3) is 5.91 Å². The van der Waals surface area contributed by atoms with Gasteiger partial charge in [0.15, 0.2) is 18.2 Å². The minimum Gasteiger partial charge on any atom is -0.497 e. The summed E-state index contributed by atoms with van der Waals surface area (Å²) >= 11 is 0. The highest BCUT2D eigenvalue weighted by atomic mass is 19.1. The molecule has 0 spiro atoms. The Morgan fingerprint density at radius 3 is 2.32 bits per heavy atom. The molecule has 5 nitrogen and oxygen atoms in total. The van der Waals surface area contributed by atoms with Crippen molar-refractivity contribution in [2.75, 3.05) is 26.1 Å². The van der Waals surface area contributed by atoms with E-state index in [1.165, 1.54) is 26.4 Å². The number of hydrogen-bond acceptors (Lipinski definition) is 4. The highest BCUT2D eigenvalue weighted by Crippen LogP contribution is 2.25.